The van der Waals surface area contributed by atoms with Gasteiger partial charge >= 0.3 is 0 Å². The quantitative estimate of drug-likeness (QED) is 0.673. The largest absolute Gasteiger partial charge is 0.399 e. The molecule has 0 aliphatic heterocycles. The Kier molecular flexibility index (Phi) is 4.25. The summed E-state index contributed by atoms with van der Waals surface area (Å²) >= 11 is 1.66. The van der Waals surface area contributed by atoms with Crippen LogP contribution in [0.2, 0.25) is 0 Å². The van der Waals surface area contributed by atoms with Gasteiger partial charge in [-0.2, -0.15) is 0 Å². The second-order valence-corrected chi connectivity index (χ2v) is 6.68. The van der Waals surface area contributed by atoms with E-state index in [9.17, 15) is 4.79 Å². The standard InChI is InChI=1S/C17H20N2OS/c18-14-8-6-12(7-9-14)11-19-17(20)16-10-13-4-2-1-3-5-15(13)21-16/h6-10H,1-5,11,18H2,(H,19,20). The average molecular weight is 300 g/mol. The maximum atomic E-state index is 12.3. The molecule has 3 nitrogen and oxygen atoms in total. The summed E-state index contributed by atoms with van der Waals surface area (Å²) in [5.41, 5.74) is 8.85. The first-order chi connectivity index (χ1) is 10.2. The molecule has 1 aliphatic carbocycles. The van der Waals surface area contributed by atoms with Crippen molar-refractivity contribution < 1.29 is 4.79 Å². The van der Waals surface area contributed by atoms with Gasteiger partial charge < -0.3 is 11.1 Å². The van der Waals surface area contributed by atoms with E-state index < -0.39 is 0 Å². The molecule has 0 unspecified atom stereocenters. The lowest BCUT2D eigenvalue weighted by Crippen LogP contribution is -2.21. The third-order valence-electron chi connectivity index (χ3n) is 3.90. The molecule has 0 saturated heterocycles. The maximum absolute atomic E-state index is 12.3. The molecule has 0 fully saturated rings. The fourth-order valence-electron chi connectivity index (χ4n) is 2.68. The van der Waals surface area contributed by atoms with E-state index in [1.807, 2.05) is 24.3 Å². The topological polar surface area (TPSA) is 55.1 Å². The lowest BCUT2D eigenvalue weighted by Gasteiger charge is -2.04. The Balaban J connectivity index is 1.64. The minimum absolute atomic E-state index is 0.0323. The first-order valence-electron chi connectivity index (χ1n) is 7.46. The summed E-state index contributed by atoms with van der Waals surface area (Å²) in [5.74, 6) is 0.0323. The fraction of sp³-hybridized carbons (Fsp3) is 0.353. The van der Waals surface area contributed by atoms with Crippen molar-refractivity contribution in [3.05, 3.63) is 51.2 Å². The first kappa shape index (κ1) is 14.1. The molecule has 1 aromatic carbocycles. The number of amides is 1. The van der Waals surface area contributed by atoms with Crippen molar-refractivity contribution in [1.29, 1.82) is 0 Å². The molecular formula is C17H20N2OS. The van der Waals surface area contributed by atoms with Crippen LogP contribution in [0.15, 0.2) is 30.3 Å². The number of carbonyl (C=O) groups excluding carboxylic acids is 1. The van der Waals surface area contributed by atoms with Crippen LogP contribution in [0.3, 0.4) is 0 Å². The van der Waals surface area contributed by atoms with E-state index in [2.05, 4.69) is 11.4 Å². The summed E-state index contributed by atoms with van der Waals surface area (Å²) in [6, 6.07) is 9.69. The molecule has 0 atom stereocenters. The van der Waals surface area contributed by atoms with E-state index in [1.165, 1.54) is 29.7 Å². The molecule has 21 heavy (non-hydrogen) atoms. The lowest BCUT2D eigenvalue weighted by molar-refractivity contribution is 0.0955. The highest BCUT2D eigenvalue weighted by molar-refractivity contribution is 7.14. The molecule has 1 aromatic heterocycles. The molecule has 0 bridgehead atoms. The van der Waals surface area contributed by atoms with Crippen LogP contribution >= 0.6 is 11.3 Å². The normalized spacial score (nSPS) is 14.3. The maximum Gasteiger partial charge on any atom is 0.261 e. The fourth-order valence-corrected chi connectivity index (χ4v) is 3.85. The number of anilines is 1. The van der Waals surface area contributed by atoms with Crippen molar-refractivity contribution in [3.63, 3.8) is 0 Å². The van der Waals surface area contributed by atoms with Crippen LogP contribution in [0.5, 0.6) is 0 Å². The van der Waals surface area contributed by atoms with Crippen molar-refractivity contribution in [3.8, 4) is 0 Å². The monoisotopic (exact) mass is 300 g/mol. The van der Waals surface area contributed by atoms with Crippen LogP contribution in [-0.4, -0.2) is 5.91 Å². The van der Waals surface area contributed by atoms with Gasteiger partial charge in [0.05, 0.1) is 4.88 Å². The van der Waals surface area contributed by atoms with Gasteiger partial charge in [-0.25, -0.2) is 0 Å². The van der Waals surface area contributed by atoms with E-state index in [1.54, 1.807) is 11.3 Å². The van der Waals surface area contributed by atoms with Gasteiger partial charge in [0.15, 0.2) is 0 Å². The Labute approximate surface area is 129 Å². The van der Waals surface area contributed by atoms with E-state index in [-0.39, 0.29) is 5.91 Å². The van der Waals surface area contributed by atoms with Gasteiger partial charge in [0.1, 0.15) is 0 Å². The molecule has 1 aliphatic rings. The molecule has 3 N–H and O–H groups in total. The van der Waals surface area contributed by atoms with E-state index in [0.29, 0.717) is 6.54 Å². The second kappa shape index (κ2) is 6.31. The minimum atomic E-state index is 0.0323. The number of fused-ring (bicyclic) bond motifs is 1. The van der Waals surface area contributed by atoms with Gasteiger partial charge in [0, 0.05) is 17.1 Å². The van der Waals surface area contributed by atoms with Crippen molar-refractivity contribution in [2.45, 2.75) is 38.6 Å². The van der Waals surface area contributed by atoms with E-state index in [4.69, 9.17) is 5.73 Å². The highest BCUT2D eigenvalue weighted by Crippen LogP contribution is 2.28. The van der Waals surface area contributed by atoms with E-state index in [0.717, 1.165) is 29.0 Å². The molecule has 0 saturated carbocycles. The predicted molar refractivity (Wildman–Crippen MR) is 87.6 cm³/mol. The Bertz CT molecular complexity index is 607. The van der Waals surface area contributed by atoms with Crippen molar-refractivity contribution in [2.75, 3.05) is 5.73 Å². The predicted octanol–water partition coefficient (Wildman–Crippen LogP) is 3.53. The Morgan fingerprint density at radius 3 is 2.71 bits per heavy atom. The highest BCUT2D eigenvalue weighted by atomic mass is 32.1. The lowest BCUT2D eigenvalue weighted by atomic mass is 10.1. The summed E-state index contributed by atoms with van der Waals surface area (Å²) < 4.78 is 0. The number of aryl methyl sites for hydroxylation is 2. The number of rotatable bonds is 3. The minimum Gasteiger partial charge on any atom is -0.399 e. The highest BCUT2D eigenvalue weighted by Gasteiger charge is 2.16. The van der Waals surface area contributed by atoms with Gasteiger partial charge in [-0.15, -0.1) is 11.3 Å². The summed E-state index contributed by atoms with van der Waals surface area (Å²) in [6.07, 6.45) is 6.05. The summed E-state index contributed by atoms with van der Waals surface area (Å²) in [6.45, 7) is 0.543. The van der Waals surface area contributed by atoms with Crippen LogP contribution in [0, 0.1) is 0 Å². The van der Waals surface area contributed by atoms with Crippen molar-refractivity contribution in [1.82, 2.24) is 5.32 Å². The molecule has 1 heterocycles. The van der Waals surface area contributed by atoms with Crippen molar-refractivity contribution in [2.24, 2.45) is 0 Å². The summed E-state index contributed by atoms with van der Waals surface area (Å²) in [7, 11) is 0. The van der Waals surface area contributed by atoms with Crippen molar-refractivity contribution >= 4 is 22.9 Å². The molecule has 4 heteroatoms. The molecular weight excluding hydrogens is 280 g/mol. The van der Waals surface area contributed by atoms with Gasteiger partial charge in [-0.1, -0.05) is 18.6 Å². The number of nitrogen functional groups attached to an aromatic ring is 1. The average Bonchev–Trinajstić information content (AvgIpc) is 2.78. The Hall–Kier alpha value is -1.81. The first-order valence-corrected chi connectivity index (χ1v) is 8.28. The molecule has 2 aromatic rings. The number of hydrogen-bond acceptors (Lipinski definition) is 3. The van der Waals surface area contributed by atoms with Crippen LogP contribution in [0.4, 0.5) is 5.69 Å². The SMILES string of the molecule is Nc1ccc(CNC(=O)c2cc3c(s2)CCCCC3)cc1. The second-order valence-electron chi connectivity index (χ2n) is 5.54. The molecule has 0 spiro atoms. The molecule has 0 radical (unpaired) electrons. The zero-order valence-electron chi connectivity index (χ0n) is 12.0. The summed E-state index contributed by atoms with van der Waals surface area (Å²) in [5, 5.41) is 2.99. The number of benzene rings is 1. The Morgan fingerprint density at radius 1 is 1.14 bits per heavy atom. The summed E-state index contributed by atoms with van der Waals surface area (Å²) in [4.78, 5) is 14.5. The molecule has 110 valence electrons. The number of nitrogens with two attached hydrogens (primary N) is 1. The van der Waals surface area contributed by atoms with Gasteiger partial charge in [-0.3, -0.25) is 4.79 Å². The Morgan fingerprint density at radius 2 is 1.90 bits per heavy atom. The zero-order valence-corrected chi connectivity index (χ0v) is 12.8. The van der Waals surface area contributed by atoms with Crippen LogP contribution < -0.4 is 11.1 Å². The van der Waals surface area contributed by atoms with Crippen LogP contribution in [0.25, 0.3) is 0 Å². The number of thiophene rings is 1. The van der Waals surface area contributed by atoms with Gasteiger partial charge in [0.2, 0.25) is 0 Å². The third kappa shape index (κ3) is 3.45. The van der Waals surface area contributed by atoms with E-state index >= 15 is 0 Å². The van der Waals surface area contributed by atoms with Crippen LogP contribution in [-0.2, 0) is 19.4 Å². The number of carbonyl (C=O) groups is 1. The smallest absolute Gasteiger partial charge is 0.261 e. The third-order valence-corrected chi connectivity index (χ3v) is 5.14. The number of nitrogens with one attached hydrogen (secondary N) is 1. The van der Waals surface area contributed by atoms with Gasteiger partial charge in [-0.05, 0) is 55.0 Å². The number of hydrogen-bond donors (Lipinski definition) is 2. The zero-order chi connectivity index (χ0) is 14.7. The van der Waals surface area contributed by atoms with Gasteiger partial charge in [0.25, 0.3) is 5.91 Å². The van der Waals surface area contributed by atoms with Crippen LogP contribution in [0.1, 0.15) is 44.9 Å². The molecule has 3 rings (SSSR count). The molecule has 1 amide bonds.